The molecule has 2 aliphatic heterocycles. The molecular weight excluding hydrogens is 250 g/mol. The van der Waals surface area contributed by atoms with Gasteiger partial charge in [0.05, 0.1) is 6.10 Å². The smallest absolute Gasteiger partial charge is 0.0700 e. The van der Waals surface area contributed by atoms with E-state index in [1.165, 1.54) is 39.0 Å². The number of nitrogens with one attached hydrogen (secondary N) is 1. The van der Waals surface area contributed by atoms with Gasteiger partial charge in [-0.2, -0.15) is 0 Å². The molecule has 2 rings (SSSR count). The second-order valence-electron chi connectivity index (χ2n) is 7.34. The first-order valence-corrected chi connectivity index (χ1v) is 8.28. The summed E-state index contributed by atoms with van der Waals surface area (Å²) in [6.45, 7) is 17.1. The molecule has 0 saturated carbocycles. The van der Waals surface area contributed by atoms with Gasteiger partial charge in [-0.05, 0) is 40.5 Å². The van der Waals surface area contributed by atoms with Gasteiger partial charge in [-0.3, -0.25) is 9.80 Å². The van der Waals surface area contributed by atoms with Gasteiger partial charge in [0, 0.05) is 57.5 Å². The molecule has 0 aliphatic carbocycles. The summed E-state index contributed by atoms with van der Waals surface area (Å²) < 4.78 is 5.65. The summed E-state index contributed by atoms with van der Waals surface area (Å²) in [7, 11) is 0. The van der Waals surface area contributed by atoms with E-state index in [0.717, 1.165) is 19.7 Å². The summed E-state index contributed by atoms with van der Waals surface area (Å²) in [5, 5.41) is 3.59. The Balaban J connectivity index is 1.62. The van der Waals surface area contributed by atoms with E-state index < -0.39 is 0 Å². The van der Waals surface area contributed by atoms with Crippen LogP contribution in [0.5, 0.6) is 0 Å². The average molecular weight is 283 g/mol. The lowest BCUT2D eigenvalue weighted by Gasteiger charge is -2.44. The average Bonchev–Trinajstić information content (AvgIpc) is 2.91. The zero-order chi connectivity index (χ0) is 14.6. The van der Waals surface area contributed by atoms with Crippen molar-refractivity contribution in [3.05, 3.63) is 0 Å². The van der Waals surface area contributed by atoms with Gasteiger partial charge < -0.3 is 10.1 Å². The molecule has 2 unspecified atom stereocenters. The Bertz CT molecular complexity index is 276. The number of nitrogens with zero attached hydrogens (tertiary/aromatic N) is 2. The second-order valence-corrected chi connectivity index (χ2v) is 7.34. The molecular formula is C16H33N3O. The van der Waals surface area contributed by atoms with E-state index in [-0.39, 0.29) is 0 Å². The summed E-state index contributed by atoms with van der Waals surface area (Å²) >= 11 is 0. The lowest BCUT2D eigenvalue weighted by molar-refractivity contribution is 0.0443. The van der Waals surface area contributed by atoms with Crippen molar-refractivity contribution in [1.82, 2.24) is 15.1 Å². The van der Waals surface area contributed by atoms with Crippen molar-refractivity contribution >= 4 is 0 Å². The largest absolute Gasteiger partial charge is 0.377 e. The number of piperazine rings is 1. The van der Waals surface area contributed by atoms with E-state index in [1.54, 1.807) is 0 Å². The standard InChI is InChI=1S/C16H33N3O/c1-14(12-17-13-15-6-5-11-20-15)18-7-9-19(10-8-18)16(2,3)4/h14-15,17H,5-13H2,1-4H3. The Hall–Kier alpha value is -0.160. The van der Waals surface area contributed by atoms with Crippen LogP contribution in [0.4, 0.5) is 0 Å². The molecule has 0 aromatic heterocycles. The van der Waals surface area contributed by atoms with Gasteiger partial charge in [0.2, 0.25) is 0 Å². The summed E-state index contributed by atoms with van der Waals surface area (Å²) in [5.41, 5.74) is 0.313. The monoisotopic (exact) mass is 283 g/mol. The van der Waals surface area contributed by atoms with Gasteiger partial charge in [-0.15, -0.1) is 0 Å². The van der Waals surface area contributed by atoms with Crippen molar-refractivity contribution in [2.45, 2.75) is 58.2 Å². The predicted octanol–water partition coefficient (Wildman–Crippen LogP) is 1.56. The van der Waals surface area contributed by atoms with Crippen molar-refractivity contribution in [3.63, 3.8) is 0 Å². The molecule has 4 nitrogen and oxygen atoms in total. The SMILES string of the molecule is CC(CNCC1CCCO1)N1CCN(C(C)(C)C)CC1. The van der Waals surface area contributed by atoms with E-state index in [2.05, 4.69) is 42.8 Å². The summed E-state index contributed by atoms with van der Waals surface area (Å²) in [4.78, 5) is 5.21. The first-order valence-electron chi connectivity index (χ1n) is 8.28. The molecule has 0 bridgehead atoms. The third kappa shape index (κ3) is 4.69. The Morgan fingerprint density at radius 1 is 1.20 bits per heavy atom. The maximum atomic E-state index is 5.65. The van der Waals surface area contributed by atoms with Crippen LogP contribution in [-0.4, -0.2) is 73.4 Å². The van der Waals surface area contributed by atoms with Crippen molar-refractivity contribution in [2.75, 3.05) is 45.9 Å². The third-order valence-corrected chi connectivity index (χ3v) is 4.72. The van der Waals surface area contributed by atoms with Gasteiger partial charge in [0.15, 0.2) is 0 Å². The van der Waals surface area contributed by atoms with Crippen LogP contribution in [0, 0.1) is 0 Å². The fourth-order valence-corrected chi connectivity index (χ4v) is 3.22. The Kier molecular flexibility index (Phi) is 5.84. The zero-order valence-electron chi connectivity index (χ0n) is 13.8. The highest BCUT2D eigenvalue weighted by atomic mass is 16.5. The molecule has 0 amide bonds. The summed E-state index contributed by atoms with van der Waals surface area (Å²) in [6.07, 6.45) is 2.92. The van der Waals surface area contributed by atoms with Crippen LogP contribution in [0.15, 0.2) is 0 Å². The van der Waals surface area contributed by atoms with Crippen molar-refractivity contribution in [1.29, 1.82) is 0 Å². The molecule has 4 heteroatoms. The van der Waals surface area contributed by atoms with Crippen LogP contribution in [0.3, 0.4) is 0 Å². The van der Waals surface area contributed by atoms with E-state index >= 15 is 0 Å². The van der Waals surface area contributed by atoms with Crippen molar-refractivity contribution in [3.8, 4) is 0 Å². The zero-order valence-corrected chi connectivity index (χ0v) is 13.8. The van der Waals surface area contributed by atoms with E-state index in [4.69, 9.17) is 4.74 Å². The van der Waals surface area contributed by atoms with Crippen LogP contribution >= 0.6 is 0 Å². The fourth-order valence-electron chi connectivity index (χ4n) is 3.22. The number of hydrogen-bond donors (Lipinski definition) is 1. The fraction of sp³-hybridized carbons (Fsp3) is 1.00. The van der Waals surface area contributed by atoms with E-state index in [0.29, 0.717) is 17.7 Å². The Morgan fingerprint density at radius 2 is 1.90 bits per heavy atom. The van der Waals surface area contributed by atoms with Crippen LogP contribution in [0.1, 0.15) is 40.5 Å². The van der Waals surface area contributed by atoms with Crippen LogP contribution in [0.2, 0.25) is 0 Å². The molecule has 0 aromatic carbocycles. The maximum absolute atomic E-state index is 5.65. The first kappa shape index (κ1) is 16.2. The molecule has 2 atom stereocenters. The molecule has 0 radical (unpaired) electrons. The second kappa shape index (κ2) is 7.21. The van der Waals surface area contributed by atoms with Crippen molar-refractivity contribution in [2.24, 2.45) is 0 Å². The lowest BCUT2D eigenvalue weighted by Crippen LogP contribution is -2.56. The van der Waals surface area contributed by atoms with E-state index in [1.807, 2.05) is 0 Å². The molecule has 0 aromatic rings. The quantitative estimate of drug-likeness (QED) is 0.829. The minimum atomic E-state index is 0.313. The van der Waals surface area contributed by atoms with Gasteiger partial charge in [0.1, 0.15) is 0 Å². The topological polar surface area (TPSA) is 27.7 Å². The highest BCUT2D eigenvalue weighted by molar-refractivity contribution is 4.84. The highest BCUT2D eigenvalue weighted by Gasteiger charge is 2.27. The minimum absolute atomic E-state index is 0.313. The van der Waals surface area contributed by atoms with E-state index in [9.17, 15) is 0 Å². The van der Waals surface area contributed by atoms with Gasteiger partial charge >= 0.3 is 0 Å². The molecule has 2 fully saturated rings. The van der Waals surface area contributed by atoms with Crippen LogP contribution in [0.25, 0.3) is 0 Å². The molecule has 2 aliphatic rings. The Morgan fingerprint density at radius 3 is 2.45 bits per heavy atom. The Labute approximate surface area is 124 Å². The third-order valence-electron chi connectivity index (χ3n) is 4.72. The molecule has 0 spiro atoms. The molecule has 2 saturated heterocycles. The minimum Gasteiger partial charge on any atom is -0.377 e. The predicted molar refractivity (Wildman–Crippen MR) is 84.2 cm³/mol. The van der Waals surface area contributed by atoms with Gasteiger partial charge in [0.25, 0.3) is 0 Å². The normalized spacial score (nSPS) is 27.9. The summed E-state index contributed by atoms with van der Waals surface area (Å²) in [6, 6.07) is 0.624. The summed E-state index contributed by atoms with van der Waals surface area (Å²) in [5.74, 6) is 0. The maximum Gasteiger partial charge on any atom is 0.0700 e. The van der Waals surface area contributed by atoms with Gasteiger partial charge in [-0.25, -0.2) is 0 Å². The van der Waals surface area contributed by atoms with Crippen molar-refractivity contribution < 1.29 is 4.74 Å². The molecule has 20 heavy (non-hydrogen) atoms. The first-order chi connectivity index (χ1) is 9.47. The number of hydrogen-bond acceptors (Lipinski definition) is 4. The number of rotatable bonds is 5. The molecule has 2 heterocycles. The van der Waals surface area contributed by atoms with Gasteiger partial charge in [-0.1, -0.05) is 0 Å². The highest BCUT2D eigenvalue weighted by Crippen LogP contribution is 2.17. The van der Waals surface area contributed by atoms with Crippen LogP contribution < -0.4 is 5.32 Å². The van der Waals surface area contributed by atoms with Crippen LogP contribution in [-0.2, 0) is 4.74 Å². The molecule has 118 valence electrons. The number of ether oxygens (including phenoxy) is 1. The lowest BCUT2D eigenvalue weighted by atomic mass is 10.0. The molecule has 1 N–H and O–H groups in total.